The number of amides is 1. The predicted octanol–water partition coefficient (Wildman–Crippen LogP) is 0.504. The van der Waals surface area contributed by atoms with Crippen molar-refractivity contribution in [1.29, 1.82) is 0 Å². The lowest BCUT2D eigenvalue weighted by molar-refractivity contribution is -0.142. The molecular weight excluding hydrogens is 272 g/mol. The monoisotopic (exact) mass is 292 g/mol. The van der Waals surface area contributed by atoms with Crippen LogP contribution < -0.4 is 10.6 Å². The molecule has 21 heavy (non-hydrogen) atoms. The molecule has 1 aromatic rings. The van der Waals surface area contributed by atoms with Crippen LogP contribution in [-0.4, -0.2) is 41.2 Å². The van der Waals surface area contributed by atoms with Crippen LogP contribution in [0.25, 0.3) is 0 Å². The number of rotatable bonds is 5. The summed E-state index contributed by atoms with van der Waals surface area (Å²) in [4.78, 5) is 23.4. The van der Waals surface area contributed by atoms with Crippen molar-refractivity contribution in [2.75, 3.05) is 13.1 Å². The summed E-state index contributed by atoms with van der Waals surface area (Å²) in [5, 5.41) is 24.2. The second-order valence-corrected chi connectivity index (χ2v) is 5.31. The Morgan fingerprint density at radius 2 is 2.05 bits per heavy atom. The first kappa shape index (κ1) is 15.3. The minimum Gasteiger partial charge on any atom is -0.508 e. The fourth-order valence-corrected chi connectivity index (χ4v) is 2.43. The van der Waals surface area contributed by atoms with Gasteiger partial charge in [0.05, 0.1) is 5.92 Å². The third-order valence-corrected chi connectivity index (χ3v) is 3.66. The molecule has 1 heterocycles. The van der Waals surface area contributed by atoms with Crippen molar-refractivity contribution in [3.05, 3.63) is 29.8 Å². The van der Waals surface area contributed by atoms with Crippen molar-refractivity contribution in [1.82, 2.24) is 10.6 Å². The van der Waals surface area contributed by atoms with Crippen molar-refractivity contribution in [2.45, 2.75) is 25.3 Å². The van der Waals surface area contributed by atoms with Crippen LogP contribution in [0.5, 0.6) is 5.75 Å². The topological polar surface area (TPSA) is 98.7 Å². The van der Waals surface area contributed by atoms with E-state index in [9.17, 15) is 19.8 Å². The molecule has 114 valence electrons. The fraction of sp³-hybridized carbons (Fsp3) is 0.467. The van der Waals surface area contributed by atoms with Gasteiger partial charge in [-0.25, -0.2) is 4.79 Å². The molecule has 0 bridgehead atoms. The molecule has 0 saturated carbocycles. The van der Waals surface area contributed by atoms with Gasteiger partial charge in [0, 0.05) is 13.0 Å². The molecule has 1 aliphatic heterocycles. The highest BCUT2D eigenvalue weighted by Gasteiger charge is 2.26. The second kappa shape index (κ2) is 7.08. The number of hydrogen-bond donors (Lipinski definition) is 4. The summed E-state index contributed by atoms with van der Waals surface area (Å²) in [7, 11) is 0. The summed E-state index contributed by atoms with van der Waals surface area (Å²) >= 11 is 0. The number of carboxylic acids is 1. The van der Waals surface area contributed by atoms with E-state index in [1.54, 1.807) is 12.1 Å². The van der Waals surface area contributed by atoms with Crippen LogP contribution >= 0.6 is 0 Å². The summed E-state index contributed by atoms with van der Waals surface area (Å²) in [6.45, 7) is 1.50. The van der Waals surface area contributed by atoms with Crippen molar-refractivity contribution >= 4 is 11.9 Å². The molecule has 0 radical (unpaired) electrons. The van der Waals surface area contributed by atoms with Gasteiger partial charge < -0.3 is 20.8 Å². The number of phenols is 1. The number of phenolic OH excluding ortho intramolecular Hbond substituents is 1. The number of aliphatic carboxylic acids is 1. The second-order valence-electron chi connectivity index (χ2n) is 5.31. The Labute approximate surface area is 123 Å². The Bertz CT molecular complexity index is 495. The van der Waals surface area contributed by atoms with Gasteiger partial charge in [0.1, 0.15) is 11.8 Å². The number of nitrogens with one attached hydrogen (secondary N) is 2. The quantitative estimate of drug-likeness (QED) is 0.633. The molecule has 2 unspecified atom stereocenters. The smallest absolute Gasteiger partial charge is 0.326 e. The molecule has 2 atom stereocenters. The number of carboxylic acid groups (broad SMARTS) is 1. The largest absolute Gasteiger partial charge is 0.508 e. The van der Waals surface area contributed by atoms with Gasteiger partial charge in [0.2, 0.25) is 5.91 Å². The normalized spacial score (nSPS) is 19.7. The molecule has 1 saturated heterocycles. The van der Waals surface area contributed by atoms with Crippen molar-refractivity contribution in [2.24, 2.45) is 5.92 Å². The summed E-state index contributed by atoms with van der Waals surface area (Å²) in [5.74, 6) is -1.31. The highest BCUT2D eigenvalue weighted by atomic mass is 16.4. The van der Waals surface area contributed by atoms with E-state index < -0.39 is 12.0 Å². The van der Waals surface area contributed by atoms with Gasteiger partial charge in [-0.2, -0.15) is 0 Å². The van der Waals surface area contributed by atoms with E-state index in [4.69, 9.17) is 0 Å². The number of aromatic hydroxyl groups is 1. The molecule has 4 N–H and O–H groups in total. The number of carbonyl (C=O) groups excluding carboxylic acids is 1. The fourth-order valence-electron chi connectivity index (χ4n) is 2.43. The molecule has 1 fully saturated rings. The summed E-state index contributed by atoms with van der Waals surface area (Å²) in [6.07, 6.45) is 1.90. The van der Waals surface area contributed by atoms with Crippen LogP contribution in [0.3, 0.4) is 0 Å². The highest BCUT2D eigenvalue weighted by Crippen LogP contribution is 2.13. The van der Waals surface area contributed by atoms with Crippen LogP contribution in [0, 0.1) is 5.92 Å². The maximum absolute atomic E-state index is 12.1. The molecular formula is C15H20N2O4. The average molecular weight is 292 g/mol. The molecule has 6 nitrogen and oxygen atoms in total. The van der Waals surface area contributed by atoms with Crippen molar-refractivity contribution in [3.8, 4) is 5.75 Å². The average Bonchev–Trinajstić information content (AvgIpc) is 2.49. The molecule has 1 aromatic carbocycles. The standard InChI is InChI=1S/C15H20N2O4/c18-12-5-3-10(4-6-12)8-13(15(20)21)17-14(19)11-2-1-7-16-9-11/h3-6,11,13,16,18H,1-2,7-9H2,(H,17,19)(H,20,21). The van der Waals surface area contributed by atoms with Gasteiger partial charge in [-0.1, -0.05) is 12.1 Å². The minimum absolute atomic E-state index is 0.128. The van der Waals surface area contributed by atoms with E-state index in [1.165, 1.54) is 12.1 Å². The first-order valence-electron chi connectivity index (χ1n) is 7.08. The summed E-state index contributed by atoms with van der Waals surface area (Å²) in [6, 6.07) is 5.35. The SMILES string of the molecule is O=C(NC(Cc1ccc(O)cc1)C(=O)O)C1CCCNC1. The third-order valence-electron chi connectivity index (χ3n) is 3.66. The van der Waals surface area contributed by atoms with Crippen LogP contribution in [-0.2, 0) is 16.0 Å². The Kier molecular flexibility index (Phi) is 5.16. The van der Waals surface area contributed by atoms with Crippen molar-refractivity contribution in [3.63, 3.8) is 0 Å². The first-order valence-corrected chi connectivity index (χ1v) is 7.08. The van der Waals surface area contributed by atoms with Crippen LogP contribution in [0.4, 0.5) is 0 Å². The van der Waals surface area contributed by atoms with E-state index in [2.05, 4.69) is 10.6 Å². The highest BCUT2D eigenvalue weighted by molar-refractivity contribution is 5.85. The maximum atomic E-state index is 12.1. The molecule has 0 aliphatic carbocycles. The van der Waals surface area contributed by atoms with Crippen LogP contribution in [0.2, 0.25) is 0 Å². The Morgan fingerprint density at radius 1 is 1.33 bits per heavy atom. The van der Waals surface area contributed by atoms with Crippen LogP contribution in [0.1, 0.15) is 18.4 Å². The summed E-state index contributed by atoms with van der Waals surface area (Å²) in [5.41, 5.74) is 0.752. The van der Waals surface area contributed by atoms with Gasteiger partial charge in [-0.05, 0) is 37.1 Å². The predicted molar refractivity (Wildman–Crippen MR) is 77.0 cm³/mol. The van der Waals surface area contributed by atoms with E-state index in [1.807, 2.05) is 0 Å². The lowest BCUT2D eigenvalue weighted by atomic mass is 9.97. The van der Waals surface area contributed by atoms with Crippen molar-refractivity contribution < 1.29 is 19.8 Å². The van der Waals surface area contributed by atoms with E-state index in [0.717, 1.165) is 24.9 Å². The van der Waals surface area contributed by atoms with Gasteiger partial charge in [0.15, 0.2) is 0 Å². The van der Waals surface area contributed by atoms with Gasteiger partial charge in [-0.15, -0.1) is 0 Å². The number of hydrogen-bond acceptors (Lipinski definition) is 4. The van der Waals surface area contributed by atoms with Crippen LogP contribution in [0.15, 0.2) is 24.3 Å². The van der Waals surface area contributed by atoms with E-state index >= 15 is 0 Å². The molecule has 6 heteroatoms. The Morgan fingerprint density at radius 3 is 2.62 bits per heavy atom. The molecule has 2 rings (SSSR count). The first-order chi connectivity index (χ1) is 10.1. The maximum Gasteiger partial charge on any atom is 0.326 e. The number of benzene rings is 1. The Hall–Kier alpha value is -2.08. The minimum atomic E-state index is -1.06. The van der Waals surface area contributed by atoms with Gasteiger partial charge >= 0.3 is 5.97 Å². The number of piperidine rings is 1. The van der Waals surface area contributed by atoms with Gasteiger partial charge in [0.25, 0.3) is 0 Å². The van der Waals surface area contributed by atoms with Gasteiger partial charge in [-0.3, -0.25) is 4.79 Å². The van der Waals surface area contributed by atoms with E-state index in [0.29, 0.717) is 6.54 Å². The zero-order valence-corrected chi connectivity index (χ0v) is 11.7. The molecule has 1 aliphatic rings. The Balaban J connectivity index is 1.96. The molecule has 1 amide bonds. The lowest BCUT2D eigenvalue weighted by Gasteiger charge is -2.24. The van der Waals surface area contributed by atoms with E-state index in [-0.39, 0.29) is 24.0 Å². The molecule has 0 aromatic heterocycles. The lowest BCUT2D eigenvalue weighted by Crippen LogP contribution is -2.48. The zero-order valence-electron chi connectivity index (χ0n) is 11.7. The number of carbonyl (C=O) groups is 2. The third kappa shape index (κ3) is 4.46. The summed E-state index contributed by atoms with van der Waals surface area (Å²) < 4.78 is 0. The zero-order chi connectivity index (χ0) is 15.2. The molecule has 0 spiro atoms.